The fourth-order valence-corrected chi connectivity index (χ4v) is 1.70. The van der Waals surface area contributed by atoms with E-state index < -0.39 is 0 Å². The third kappa shape index (κ3) is 7.22. The predicted octanol–water partition coefficient (Wildman–Crippen LogP) is 4.81. The average molecular weight is 264 g/mol. The van der Waals surface area contributed by atoms with E-state index >= 15 is 0 Å². The van der Waals surface area contributed by atoms with Crippen molar-refractivity contribution < 1.29 is 9.47 Å². The van der Waals surface area contributed by atoms with Crippen molar-refractivity contribution in [3.05, 3.63) is 29.8 Å². The molecule has 19 heavy (non-hydrogen) atoms. The van der Waals surface area contributed by atoms with Crippen LogP contribution in [0.25, 0.3) is 0 Å². The summed E-state index contributed by atoms with van der Waals surface area (Å²) in [5.74, 6) is 1.40. The first-order valence-corrected chi connectivity index (χ1v) is 7.11. The molecule has 1 rings (SSSR count). The monoisotopic (exact) mass is 264 g/mol. The van der Waals surface area contributed by atoms with Crippen LogP contribution in [0.2, 0.25) is 0 Å². The third-order valence-corrected chi connectivity index (χ3v) is 2.68. The molecular weight excluding hydrogens is 236 g/mol. The van der Waals surface area contributed by atoms with E-state index in [0.29, 0.717) is 5.92 Å². The van der Waals surface area contributed by atoms with Gasteiger partial charge < -0.3 is 9.47 Å². The molecular formula is C17H28O2. The summed E-state index contributed by atoms with van der Waals surface area (Å²) >= 11 is 0. The Morgan fingerprint density at radius 3 is 2.11 bits per heavy atom. The Labute approximate surface area is 118 Å². The van der Waals surface area contributed by atoms with Crippen molar-refractivity contribution in [1.29, 1.82) is 0 Å². The van der Waals surface area contributed by atoms with Crippen molar-refractivity contribution in [3.63, 3.8) is 0 Å². The molecule has 0 radical (unpaired) electrons. The molecule has 2 nitrogen and oxygen atoms in total. The molecule has 0 aromatic heterocycles. The summed E-state index contributed by atoms with van der Waals surface area (Å²) in [5, 5.41) is 0. The maximum absolute atomic E-state index is 5.97. The van der Waals surface area contributed by atoms with E-state index in [9.17, 15) is 0 Å². The molecule has 0 bridgehead atoms. The van der Waals surface area contributed by atoms with Crippen LogP contribution in [0.4, 0.5) is 0 Å². The van der Waals surface area contributed by atoms with Gasteiger partial charge in [-0.15, -0.1) is 0 Å². The summed E-state index contributed by atoms with van der Waals surface area (Å²) in [6, 6.07) is 8.13. The summed E-state index contributed by atoms with van der Waals surface area (Å²) in [6.45, 7) is 13.7. The van der Waals surface area contributed by atoms with Gasteiger partial charge in [-0.3, -0.25) is 0 Å². The van der Waals surface area contributed by atoms with Gasteiger partial charge in [-0.2, -0.15) is 0 Å². The second-order valence-electron chi connectivity index (χ2n) is 6.85. The zero-order valence-corrected chi connectivity index (χ0v) is 13.2. The van der Waals surface area contributed by atoms with Crippen molar-refractivity contribution in [2.45, 2.75) is 54.3 Å². The van der Waals surface area contributed by atoms with Crippen LogP contribution >= 0.6 is 0 Å². The smallest absolute Gasteiger partial charge is 0.200 e. The Bertz CT molecular complexity index is 360. The highest BCUT2D eigenvalue weighted by Gasteiger charge is 2.21. The minimum atomic E-state index is -0.176. The van der Waals surface area contributed by atoms with Crippen LogP contribution < -0.4 is 4.74 Å². The van der Waals surface area contributed by atoms with Gasteiger partial charge in [0.05, 0.1) is 6.61 Å². The predicted molar refractivity (Wildman–Crippen MR) is 80.5 cm³/mol. The topological polar surface area (TPSA) is 18.5 Å². The highest BCUT2D eigenvalue weighted by molar-refractivity contribution is 5.26. The fourth-order valence-electron chi connectivity index (χ4n) is 1.70. The fraction of sp³-hybridized carbons (Fsp3) is 0.647. The molecule has 108 valence electrons. The molecule has 2 heteroatoms. The van der Waals surface area contributed by atoms with Crippen LogP contribution in [-0.2, 0) is 4.74 Å². The van der Waals surface area contributed by atoms with E-state index in [-0.39, 0.29) is 11.7 Å². The summed E-state index contributed by atoms with van der Waals surface area (Å²) < 4.78 is 11.9. The van der Waals surface area contributed by atoms with Gasteiger partial charge in [0.1, 0.15) is 5.75 Å². The lowest BCUT2D eigenvalue weighted by Crippen LogP contribution is -2.28. The maximum Gasteiger partial charge on any atom is 0.200 e. The Morgan fingerprint density at radius 1 is 1.05 bits per heavy atom. The van der Waals surface area contributed by atoms with E-state index in [1.807, 2.05) is 12.1 Å². The van der Waals surface area contributed by atoms with Crippen molar-refractivity contribution in [2.24, 2.45) is 11.3 Å². The summed E-state index contributed by atoms with van der Waals surface area (Å²) in [7, 11) is 0. The number of aryl methyl sites for hydroxylation is 1. The quantitative estimate of drug-likeness (QED) is 0.686. The molecule has 0 fully saturated rings. The second-order valence-corrected chi connectivity index (χ2v) is 6.85. The van der Waals surface area contributed by atoms with E-state index in [1.54, 1.807) is 0 Å². The normalized spacial score (nSPS) is 13.6. The SMILES string of the molecule is Cc1ccc(OC(CC(C)(C)C)OCC(C)C)cc1. The highest BCUT2D eigenvalue weighted by atomic mass is 16.7. The molecule has 0 aliphatic heterocycles. The van der Waals surface area contributed by atoms with Crippen LogP contribution in [-0.4, -0.2) is 12.9 Å². The van der Waals surface area contributed by atoms with Crippen LogP contribution in [0.5, 0.6) is 5.75 Å². The van der Waals surface area contributed by atoms with E-state index in [4.69, 9.17) is 9.47 Å². The van der Waals surface area contributed by atoms with Gasteiger partial charge in [-0.25, -0.2) is 0 Å². The lowest BCUT2D eigenvalue weighted by atomic mass is 9.92. The molecule has 1 atom stereocenters. The largest absolute Gasteiger partial charge is 0.465 e. The zero-order chi connectivity index (χ0) is 14.5. The van der Waals surface area contributed by atoms with Gasteiger partial charge in [0.25, 0.3) is 0 Å². The van der Waals surface area contributed by atoms with Crippen LogP contribution in [0.3, 0.4) is 0 Å². The first-order valence-electron chi connectivity index (χ1n) is 7.11. The Kier molecular flexibility index (Phi) is 5.86. The molecule has 0 N–H and O–H groups in total. The molecule has 0 saturated carbocycles. The highest BCUT2D eigenvalue weighted by Crippen LogP contribution is 2.25. The third-order valence-electron chi connectivity index (χ3n) is 2.68. The van der Waals surface area contributed by atoms with E-state index in [2.05, 4.69) is 53.7 Å². The van der Waals surface area contributed by atoms with Crippen LogP contribution in [0.1, 0.15) is 46.6 Å². The number of ether oxygens (including phenoxy) is 2. The van der Waals surface area contributed by atoms with Gasteiger partial charge in [-0.05, 0) is 30.4 Å². The van der Waals surface area contributed by atoms with Crippen molar-refractivity contribution >= 4 is 0 Å². The molecule has 0 aliphatic carbocycles. The lowest BCUT2D eigenvalue weighted by molar-refractivity contribution is -0.107. The number of benzene rings is 1. The van der Waals surface area contributed by atoms with Gasteiger partial charge in [0.2, 0.25) is 0 Å². The molecule has 0 saturated heterocycles. The second kappa shape index (κ2) is 6.95. The van der Waals surface area contributed by atoms with Gasteiger partial charge in [0.15, 0.2) is 6.29 Å². The standard InChI is InChI=1S/C17H28O2/c1-13(2)12-18-16(11-17(4,5)6)19-15-9-7-14(3)8-10-15/h7-10,13,16H,11-12H2,1-6H3. The van der Waals surface area contributed by atoms with Gasteiger partial charge in [0, 0.05) is 6.42 Å². The molecule has 1 aromatic carbocycles. The number of hydrogen-bond donors (Lipinski definition) is 0. The summed E-state index contributed by atoms with van der Waals surface area (Å²) in [4.78, 5) is 0. The lowest BCUT2D eigenvalue weighted by Gasteiger charge is -2.27. The van der Waals surface area contributed by atoms with Gasteiger partial charge in [-0.1, -0.05) is 52.3 Å². The Balaban J connectivity index is 2.64. The van der Waals surface area contributed by atoms with Crippen molar-refractivity contribution in [2.75, 3.05) is 6.61 Å². The van der Waals surface area contributed by atoms with Crippen LogP contribution in [0, 0.1) is 18.3 Å². The van der Waals surface area contributed by atoms with Crippen molar-refractivity contribution in [1.82, 2.24) is 0 Å². The molecule has 0 amide bonds. The van der Waals surface area contributed by atoms with Gasteiger partial charge >= 0.3 is 0 Å². The molecule has 0 aliphatic rings. The summed E-state index contributed by atoms with van der Waals surface area (Å²) in [5.41, 5.74) is 1.43. The zero-order valence-electron chi connectivity index (χ0n) is 13.2. The minimum Gasteiger partial charge on any atom is -0.465 e. The Hall–Kier alpha value is -1.02. The Morgan fingerprint density at radius 2 is 1.63 bits per heavy atom. The molecule has 1 unspecified atom stereocenters. The van der Waals surface area contributed by atoms with E-state index in [1.165, 1.54) is 5.56 Å². The average Bonchev–Trinajstić information content (AvgIpc) is 2.27. The molecule has 0 heterocycles. The van der Waals surface area contributed by atoms with E-state index in [0.717, 1.165) is 18.8 Å². The molecule has 0 spiro atoms. The first-order chi connectivity index (χ1) is 8.76. The van der Waals surface area contributed by atoms with Crippen LogP contribution in [0.15, 0.2) is 24.3 Å². The van der Waals surface area contributed by atoms with Crippen molar-refractivity contribution in [3.8, 4) is 5.75 Å². The molecule has 1 aromatic rings. The summed E-state index contributed by atoms with van der Waals surface area (Å²) in [6.07, 6.45) is 0.707. The first kappa shape index (κ1) is 16.0. The number of rotatable bonds is 6. The minimum absolute atomic E-state index is 0.176. The maximum atomic E-state index is 5.97. The number of hydrogen-bond acceptors (Lipinski definition) is 2.